The van der Waals surface area contributed by atoms with E-state index in [9.17, 15) is 14.4 Å². The maximum atomic E-state index is 12.5. The van der Waals surface area contributed by atoms with Crippen LogP contribution in [0.25, 0.3) is 21.8 Å². The number of aryl methyl sites for hydroxylation is 1. The van der Waals surface area contributed by atoms with Gasteiger partial charge in [-0.1, -0.05) is 30.3 Å². The van der Waals surface area contributed by atoms with Crippen LogP contribution >= 0.6 is 0 Å². The highest BCUT2D eigenvalue weighted by Gasteiger charge is 2.23. The molecule has 3 N–H and O–H groups in total. The Balaban J connectivity index is 1.37. The van der Waals surface area contributed by atoms with Crippen LogP contribution in [0.2, 0.25) is 0 Å². The molecule has 8 heteroatoms. The van der Waals surface area contributed by atoms with Crippen molar-refractivity contribution in [2.24, 2.45) is 0 Å². The Morgan fingerprint density at radius 1 is 1.09 bits per heavy atom. The van der Waals surface area contributed by atoms with Crippen molar-refractivity contribution < 1.29 is 14.3 Å². The molecule has 0 fully saturated rings. The largest absolute Gasteiger partial charge is 0.467 e. The highest BCUT2D eigenvalue weighted by Crippen LogP contribution is 2.19. The average molecular weight is 432 g/mol. The number of fused-ring (bicyclic) bond motifs is 2. The van der Waals surface area contributed by atoms with Crippen molar-refractivity contribution in [1.82, 2.24) is 20.3 Å². The quantitative estimate of drug-likeness (QED) is 0.370. The van der Waals surface area contributed by atoms with Crippen LogP contribution in [0.15, 0.2) is 59.5 Å². The number of carbonyl (C=O) groups is 2. The molecule has 0 aliphatic carbocycles. The van der Waals surface area contributed by atoms with E-state index >= 15 is 0 Å². The lowest BCUT2D eigenvalue weighted by atomic mass is 10.0. The van der Waals surface area contributed by atoms with Gasteiger partial charge in [-0.25, -0.2) is 9.78 Å². The number of carbonyl (C=O) groups excluding carboxylic acids is 2. The summed E-state index contributed by atoms with van der Waals surface area (Å²) in [6.07, 6.45) is 3.28. The van der Waals surface area contributed by atoms with Crippen LogP contribution in [0.4, 0.5) is 0 Å². The molecule has 2 aromatic heterocycles. The normalized spacial score (nSPS) is 12.0. The van der Waals surface area contributed by atoms with Gasteiger partial charge in [0.25, 0.3) is 5.56 Å². The van der Waals surface area contributed by atoms with Crippen molar-refractivity contribution in [3.8, 4) is 0 Å². The minimum Gasteiger partial charge on any atom is -0.467 e. The standard InChI is InChI=1S/C24H24N4O4/c1-32-24(31)20(13-15-14-25-18-9-4-2-7-16(15)18)27-22(29)12-6-11-21-26-19-10-5-3-8-17(19)23(30)28-21/h2-5,7-10,14,20,25H,6,11-13H2,1H3,(H,27,29)(H,26,28,30)/t20-/m1/s1. The van der Waals surface area contributed by atoms with Crippen LogP contribution in [0.1, 0.15) is 24.2 Å². The third-order valence-corrected chi connectivity index (χ3v) is 5.40. The molecular weight excluding hydrogens is 408 g/mol. The molecule has 4 aromatic rings. The summed E-state index contributed by atoms with van der Waals surface area (Å²) in [7, 11) is 1.30. The fourth-order valence-corrected chi connectivity index (χ4v) is 3.79. The predicted octanol–water partition coefficient (Wildman–Crippen LogP) is 2.63. The van der Waals surface area contributed by atoms with Gasteiger partial charge in [-0.05, 0) is 30.2 Å². The number of benzene rings is 2. The molecule has 2 heterocycles. The Kier molecular flexibility index (Phi) is 6.30. The summed E-state index contributed by atoms with van der Waals surface area (Å²) in [5, 5.41) is 4.31. The number of methoxy groups -OCH3 is 1. The minimum absolute atomic E-state index is 0.192. The molecule has 0 saturated heterocycles. The molecule has 0 saturated carbocycles. The summed E-state index contributed by atoms with van der Waals surface area (Å²) < 4.78 is 4.89. The smallest absolute Gasteiger partial charge is 0.328 e. The number of para-hydroxylation sites is 2. The number of hydrogen-bond acceptors (Lipinski definition) is 5. The highest BCUT2D eigenvalue weighted by molar-refractivity contribution is 5.87. The molecule has 32 heavy (non-hydrogen) atoms. The first-order valence-corrected chi connectivity index (χ1v) is 10.5. The Morgan fingerprint density at radius 3 is 2.66 bits per heavy atom. The number of hydrogen-bond donors (Lipinski definition) is 3. The zero-order valence-corrected chi connectivity index (χ0v) is 17.7. The van der Waals surface area contributed by atoms with Gasteiger partial charge in [0.1, 0.15) is 11.9 Å². The van der Waals surface area contributed by atoms with Crippen molar-refractivity contribution in [2.75, 3.05) is 7.11 Å². The van der Waals surface area contributed by atoms with E-state index in [0.29, 0.717) is 36.0 Å². The van der Waals surface area contributed by atoms with E-state index in [1.54, 1.807) is 18.2 Å². The van der Waals surface area contributed by atoms with Crippen molar-refractivity contribution in [2.45, 2.75) is 31.7 Å². The summed E-state index contributed by atoms with van der Waals surface area (Å²) >= 11 is 0. The number of esters is 1. The molecule has 1 atom stereocenters. The average Bonchev–Trinajstić information content (AvgIpc) is 3.21. The summed E-state index contributed by atoms with van der Waals surface area (Å²) in [5.74, 6) is -0.225. The minimum atomic E-state index is -0.787. The first-order valence-electron chi connectivity index (χ1n) is 10.5. The summed E-state index contributed by atoms with van der Waals surface area (Å²) in [6, 6.07) is 14.1. The molecule has 0 bridgehead atoms. The van der Waals surface area contributed by atoms with E-state index in [4.69, 9.17) is 4.74 Å². The predicted molar refractivity (Wildman–Crippen MR) is 121 cm³/mol. The van der Waals surface area contributed by atoms with E-state index in [1.165, 1.54) is 7.11 Å². The summed E-state index contributed by atoms with van der Waals surface area (Å²) in [5.41, 5.74) is 2.32. The Hall–Kier alpha value is -3.94. The first-order chi connectivity index (χ1) is 15.5. The number of rotatable bonds is 8. The van der Waals surface area contributed by atoms with Crippen LogP contribution in [-0.2, 0) is 27.2 Å². The molecule has 8 nitrogen and oxygen atoms in total. The number of amides is 1. The lowest BCUT2D eigenvalue weighted by molar-refractivity contribution is -0.145. The van der Waals surface area contributed by atoms with Gasteiger partial charge in [0.2, 0.25) is 5.91 Å². The van der Waals surface area contributed by atoms with Crippen LogP contribution in [0.5, 0.6) is 0 Å². The van der Waals surface area contributed by atoms with Gasteiger partial charge in [0, 0.05) is 36.4 Å². The van der Waals surface area contributed by atoms with E-state index in [0.717, 1.165) is 16.5 Å². The zero-order valence-electron chi connectivity index (χ0n) is 17.7. The third-order valence-electron chi connectivity index (χ3n) is 5.40. The molecule has 0 spiro atoms. The Bertz CT molecular complexity index is 1320. The molecule has 0 unspecified atom stereocenters. The highest BCUT2D eigenvalue weighted by atomic mass is 16.5. The van der Waals surface area contributed by atoms with Crippen LogP contribution in [0, 0.1) is 0 Å². The molecule has 0 aliphatic heterocycles. The van der Waals surface area contributed by atoms with E-state index in [1.807, 2.05) is 36.5 Å². The second kappa shape index (κ2) is 9.47. The van der Waals surface area contributed by atoms with Gasteiger partial charge < -0.3 is 20.0 Å². The number of aromatic amines is 2. The Morgan fingerprint density at radius 2 is 1.84 bits per heavy atom. The second-order valence-electron chi connectivity index (χ2n) is 7.59. The molecule has 164 valence electrons. The number of nitrogens with one attached hydrogen (secondary N) is 3. The topological polar surface area (TPSA) is 117 Å². The van der Waals surface area contributed by atoms with Gasteiger partial charge in [-0.3, -0.25) is 9.59 Å². The van der Waals surface area contributed by atoms with E-state index in [2.05, 4.69) is 20.3 Å². The SMILES string of the molecule is COC(=O)[C@@H](Cc1c[nH]c2ccccc12)NC(=O)CCCc1nc2ccccc2c(=O)[nH]1. The fraction of sp³-hybridized carbons (Fsp3) is 0.250. The van der Waals surface area contributed by atoms with Crippen LogP contribution in [0.3, 0.4) is 0 Å². The number of H-pyrrole nitrogens is 2. The maximum absolute atomic E-state index is 12.5. The van der Waals surface area contributed by atoms with E-state index < -0.39 is 12.0 Å². The molecule has 0 radical (unpaired) electrons. The van der Waals surface area contributed by atoms with Gasteiger partial charge in [0.15, 0.2) is 0 Å². The van der Waals surface area contributed by atoms with Gasteiger partial charge in [0.05, 0.1) is 18.0 Å². The molecule has 0 aliphatic rings. The van der Waals surface area contributed by atoms with Gasteiger partial charge in [-0.15, -0.1) is 0 Å². The monoisotopic (exact) mass is 432 g/mol. The number of ether oxygens (including phenoxy) is 1. The van der Waals surface area contributed by atoms with Crippen molar-refractivity contribution in [1.29, 1.82) is 0 Å². The lowest BCUT2D eigenvalue weighted by Crippen LogP contribution is -2.43. The molecule has 1 amide bonds. The van der Waals surface area contributed by atoms with Crippen LogP contribution in [-0.4, -0.2) is 40.0 Å². The second-order valence-corrected chi connectivity index (χ2v) is 7.59. The van der Waals surface area contributed by atoms with Crippen molar-refractivity contribution in [3.63, 3.8) is 0 Å². The number of aromatic nitrogens is 3. The molecule has 4 rings (SSSR count). The molecule has 2 aromatic carbocycles. The summed E-state index contributed by atoms with van der Waals surface area (Å²) in [6.45, 7) is 0. The van der Waals surface area contributed by atoms with Crippen molar-refractivity contribution in [3.05, 3.63) is 76.5 Å². The third kappa shape index (κ3) is 4.69. The summed E-state index contributed by atoms with van der Waals surface area (Å²) in [4.78, 5) is 47.3. The lowest BCUT2D eigenvalue weighted by Gasteiger charge is -2.16. The van der Waals surface area contributed by atoms with Crippen LogP contribution < -0.4 is 10.9 Å². The van der Waals surface area contributed by atoms with Gasteiger partial charge in [-0.2, -0.15) is 0 Å². The zero-order chi connectivity index (χ0) is 22.5. The fourth-order valence-electron chi connectivity index (χ4n) is 3.79. The maximum Gasteiger partial charge on any atom is 0.328 e. The van der Waals surface area contributed by atoms with Crippen molar-refractivity contribution >= 4 is 33.7 Å². The Labute approximate surface area is 184 Å². The van der Waals surface area contributed by atoms with Gasteiger partial charge >= 0.3 is 5.97 Å². The molecular formula is C24H24N4O4. The number of nitrogens with zero attached hydrogens (tertiary/aromatic N) is 1. The first kappa shape index (κ1) is 21.3. The van der Waals surface area contributed by atoms with E-state index in [-0.39, 0.29) is 17.9 Å².